The molecule has 1 heteroatoms. The molecule has 0 unspecified atom stereocenters. The van der Waals surface area contributed by atoms with Gasteiger partial charge in [0.1, 0.15) is 0 Å². The van der Waals surface area contributed by atoms with Gasteiger partial charge in [0.2, 0.25) is 0 Å². The highest BCUT2D eigenvalue weighted by Gasteiger charge is 2.51. The normalized spacial score (nSPS) is 13.0. The molecule has 0 heterocycles. The Balaban J connectivity index is 1.22. The van der Waals surface area contributed by atoms with Crippen molar-refractivity contribution in [2.45, 2.75) is 5.41 Å². The van der Waals surface area contributed by atoms with Crippen LogP contribution in [0, 0.1) is 0 Å². The average molecular weight is 736 g/mol. The second-order valence-corrected chi connectivity index (χ2v) is 15.5. The van der Waals surface area contributed by atoms with Crippen LogP contribution >= 0.6 is 0 Å². The Labute approximate surface area is 338 Å². The summed E-state index contributed by atoms with van der Waals surface area (Å²) in [5, 5.41) is 4.93. The van der Waals surface area contributed by atoms with Crippen LogP contribution in [0.15, 0.2) is 224 Å². The first-order valence-electron chi connectivity index (χ1n) is 20.2. The number of fused-ring (bicyclic) bond motifs is 13. The van der Waals surface area contributed by atoms with Crippen LogP contribution in [0.25, 0.3) is 66.1 Å². The number of rotatable bonds is 5. The zero-order chi connectivity index (χ0) is 38.2. The molecule has 1 spiro atoms. The van der Waals surface area contributed by atoms with E-state index in [1.165, 1.54) is 94.0 Å². The van der Waals surface area contributed by atoms with Crippen molar-refractivity contribution in [2.75, 3.05) is 4.90 Å². The Kier molecular flexibility index (Phi) is 7.21. The number of benzene rings is 10. The van der Waals surface area contributed by atoms with Crippen LogP contribution in [0.4, 0.5) is 17.1 Å². The Morgan fingerprint density at radius 2 is 0.724 bits per heavy atom. The Bertz CT molecular complexity index is 3170. The molecule has 270 valence electrons. The van der Waals surface area contributed by atoms with Crippen molar-refractivity contribution in [1.29, 1.82) is 0 Å². The Morgan fingerprint density at radius 1 is 0.276 bits per heavy atom. The highest BCUT2D eigenvalue weighted by Crippen LogP contribution is 2.63. The van der Waals surface area contributed by atoms with Crippen LogP contribution in [-0.4, -0.2) is 0 Å². The first-order chi connectivity index (χ1) is 28.8. The van der Waals surface area contributed by atoms with Crippen molar-refractivity contribution in [1.82, 2.24) is 0 Å². The molecule has 10 aromatic rings. The first-order valence-corrected chi connectivity index (χ1v) is 20.2. The molecule has 0 fully saturated rings. The van der Waals surface area contributed by atoms with Crippen LogP contribution in [0.5, 0.6) is 0 Å². The molecule has 2 aliphatic rings. The topological polar surface area (TPSA) is 3.24 Å². The maximum absolute atomic E-state index is 2.55. The van der Waals surface area contributed by atoms with Crippen molar-refractivity contribution >= 4 is 38.6 Å². The number of nitrogens with zero attached hydrogens (tertiary/aromatic N) is 1. The molecule has 1 nitrogen and oxygen atoms in total. The molecule has 0 aromatic heterocycles. The zero-order valence-electron chi connectivity index (χ0n) is 31.8. The summed E-state index contributed by atoms with van der Waals surface area (Å²) in [5.41, 5.74) is 18.3. The molecule has 0 atom stereocenters. The Morgan fingerprint density at radius 3 is 1.34 bits per heavy atom. The van der Waals surface area contributed by atoms with Crippen LogP contribution in [0.1, 0.15) is 22.3 Å². The Hall–Kier alpha value is -7.48. The quantitative estimate of drug-likeness (QED) is 0.159. The van der Waals surface area contributed by atoms with Crippen LogP contribution in [-0.2, 0) is 5.41 Å². The lowest BCUT2D eigenvalue weighted by molar-refractivity contribution is 0.793. The number of hydrogen-bond acceptors (Lipinski definition) is 1. The van der Waals surface area contributed by atoms with E-state index in [9.17, 15) is 0 Å². The highest BCUT2D eigenvalue weighted by molar-refractivity contribution is 6.22. The van der Waals surface area contributed by atoms with Gasteiger partial charge in [-0.25, -0.2) is 0 Å². The maximum Gasteiger partial charge on any atom is 0.0726 e. The van der Waals surface area contributed by atoms with Gasteiger partial charge >= 0.3 is 0 Å². The maximum atomic E-state index is 2.55. The van der Waals surface area contributed by atoms with E-state index in [-0.39, 0.29) is 0 Å². The van der Waals surface area contributed by atoms with Crippen molar-refractivity contribution in [3.63, 3.8) is 0 Å². The van der Waals surface area contributed by atoms with Crippen LogP contribution < -0.4 is 4.90 Å². The third-order valence-electron chi connectivity index (χ3n) is 12.6. The van der Waals surface area contributed by atoms with Gasteiger partial charge in [-0.05, 0) is 102 Å². The second-order valence-electron chi connectivity index (χ2n) is 15.5. The molecule has 0 bridgehead atoms. The summed E-state index contributed by atoms with van der Waals surface area (Å²) in [5.74, 6) is 0. The smallest absolute Gasteiger partial charge is 0.0726 e. The molecule has 12 rings (SSSR count). The summed E-state index contributed by atoms with van der Waals surface area (Å²) in [6.45, 7) is 0. The first kappa shape index (κ1) is 32.7. The summed E-state index contributed by atoms with van der Waals surface area (Å²) >= 11 is 0. The van der Waals surface area contributed by atoms with Crippen molar-refractivity contribution in [3.05, 3.63) is 247 Å². The molecule has 0 amide bonds. The molecule has 2 aliphatic carbocycles. The molecule has 0 saturated heterocycles. The van der Waals surface area contributed by atoms with E-state index in [0.29, 0.717) is 0 Å². The predicted molar refractivity (Wildman–Crippen MR) is 243 cm³/mol. The van der Waals surface area contributed by atoms with Gasteiger partial charge < -0.3 is 4.90 Å². The molecule has 0 radical (unpaired) electrons. The summed E-state index contributed by atoms with van der Waals surface area (Å²) in [6.07, 6.45) is 0. The van der Waals surface area contributed by atoms with E-state index >= 15 is 0 Å². The van der Waals surface area contributed by atoms with E-state index in [0.717, 1.165) is 11.4 Å². The zero-order valence-corrected chi connectivity index (χ0v) is 31.8. The van der Waals surface area contributed by atoms with Crippen molar-refractivity contribution in [3.8, 4) is 44.5 Å². The minimum Gasteiger partial charge on any atom is -0.309 e. The lowest BCUT2D eigenvalue weighted by Gasteiger charge is -2.33. The monoisotopic (exact) mass is 735 g/mol. The molecule has 0 N–H and O–H groups in total. The van der Waals surface area contributed by atoms with Gasteiger partial charge in [0, 0.05) is 22.3 Å². The fourth-order valence-corrected chi connectivity index (χ4v) is 10.3. The standard InChI is InChI=1S/C57H37N/c1-3-18-38(19-4-1)40-22-17-23-41(36-40)58(56-50-30-10-8-25-44(50)43-24-7-9-29-49(43)55(56)39-20-5-2-6-21-39)42-34-35-48-47-28-13-16-33-53(47)57(54(48)37-42)51-31-14-11-26-45(51)46-27-12-15-32-52(46)57/h1-37H. The third-order valence-corrected chi connectivity index (χ3v) is 12.6. The van der Waals surface area contributed by atoms with Crippen molar-refractivity contribution in [2.24, 2.45) is 0 Å². The fraction of sp³-hybridized carbons (Fsp3) is 0.0175. The van der Waals surface area contributed by atoms with E-state index in [1.54, 1.807) is 0 Å². The van der Waals surface area contributed by atoms with Crippen LogP contribution in [0.3, 0.4) is 0 Å². The van der Waals surface area contributed by atoms with Gasteiger partial charge in [0.15, 0.2) is 0 Å². The summed E-state index contributed by atoms with van der Waals surface area (Å²) in [6, 6.07) is 83.2. The number of hydrogen-bond donors (Lipinski definition) is 0. The SMILES string of the molecule is c1ccc(-c2cccc(N(c3ccc4c(c3)C3(c5ccccc5-c5ccccc53)c3ccccc3-4)c3c(-c4ccccc4)c4ccccc4c4ccccc34)c2)cc1. The lowest BCUT2D eigenvalue weighted by Crippen LogP contribution is -2.26. The largest absolute Gasteiger partial charge is 0.309 e. The molecule has 0 saturated carbocycles. The molecule has 58 heavy (non-hydrogen) atoms. The van der Waals surface area contributed by atoms with Gasteiger partial charge in [0.25, 0.3) is 0 Å². The average Bonchev–Trinajstić information content (AvgIpc) is 3.77. The van der Waals surface area contributed by atoms with Gasteiger partial charge in [-0.1, -0.05) is 200 Å². The highest BCUT2D eigenvalue weighted by atomic mass is 15.1. The summed E-state index contributed by atoms with van der Waals surface area (Å²) in [7, 11) is 0. The summed E-state index contributed by atoms with van der Waals surface area (Å²) < 4.78 is 0. The number of anilines is 3. The molecular formula is C57H37N. The molecule has 0 aliphatic heterocycles. The van der Waals surface area contributed by atoms with E-state index in [2.05, 4.69) is 229 Å². The van der Waals surface area contributed by atoms with Gasteiger partial charge in [-0.15, -0.1) is 0 Å². The lowest BCUT2D eigenvalue weighted by atomic mass is 9.70. The van der Waals surface area contributed by atoms with Gasteiger partial charge in [-0.3, -0.25) is 0 Å². The van der Waals surface area contributed by atoms with E-state index < -0.39 is 5.41 Å². The van der Waals surface area contributed by atoms with Crippen molar-refractivity contribution < 1.29 is 0 Å². The fourth-order valence-electron chi connectivity index (χ4n) is 10.3. The van der Waals surface area contributed by atoms with Gasteiger partial charge in [0.05, 0.1) is 11.1 Å². The minimum atomic E-state index is -0.458. The second kappa shape index (κ2) is 12.8. The van der Waals surface area contributed by atoms with Gasteiger partial charge in [-0.2, -0.15) is 0 Å². The molecular weight excluding hydrogens is 699 g/mol. The van der Waals surface area contributed by atoms with E-state index in [4.69, 9.17) is 0 Å². The van der Waals surface area contributed by atoms with E-state index in [1.807, 2.05) is 0 Å². The molecule has 10 aromatic carbocycles. The predicted octanol–water partition coefficient (Wildman–Crippen LogP) is 15.1. The summed E-state index contributed by atoms with van der Waals surface area (Å²) in [4.78, 5) is 2.55. The van der Waals surface area contributed by atoms with Crippen LogP contribution in [0.2, 0.25) is 0 Å². The minimum absolute atomic E-state index is 0.458. The third kappa shape index (κ3) is 4.59.